The summed E-state index contributed by atoms with van der Waals surface area (Å²) in [6, 6.07) is 1.42. The summed E-state index contributed by atoms with van der Waals surface area (Å²) in [7, 11) is 0. The maximum atomic E-state index is 13.4. The van der Waals surface area contributed by atoms with E-state index in [9.17, 15) is 13.6 Å². The van der Waals surface area contributed by atoms with Gasteiger partial charge in [0.05, 0.1) is 6.61 Å². The molecule has 0 saturated heterocycles. The van der Waals surface area contributed by atoms with Crippen molar-refractivity contribution in [3.8, 4) is 0 Å². The highest BCUT2D eigenvalue weighted by Gasteiger charge is 2.48. The summed E-state index contributed by atoms with van der Waals surface area (Å²) in [6.45, 7) is 1.37. The zero-order valence-corrected chi connectivity index (χ0v) is 10.1. The van der Waals surface area contributed by atoms with Gasteiger partial charge >= 0.3 is 11.9 Å². The second-order valence-electron chi connectivity index (χ2n) is 2.84. The molecule has 0 saturated carbocycles. The highest BCUT2D eigenvalue weighted by atomic mass is 35.5. The average molecular weight is 272 g/mol. The maximum Gasteiger partial charge on any atom is 0.379 e. The summed E-state index contributed by atoms with van der Waals surface area (Å²) in [4.78, 5) is 11.2. The van der Waals surface area contributed by atoms with Crippen LogP contribution < -0.4 is 5.73 Å². The molecule has 1 rings (SSSR count). The Kier molecular flexibility index (Phi) is 5.85. The Bertz CT molecular complexity index is 332. The van der Waals surface area contributed by atoms with E-state index in [-0.39, 0.29) is 23.9 Å². The molecule has 3 nitrogen and oxygen atoms in total. The largest absolute Gasteiger partial charge is 0.462 e. The summed E-state index contributed by atoms with van der Waals surface area (Å²) in [5.74, 6) is -5.26. The van der Waals surface area contributed by atoms with E-state index in [0.29, 0.717) is 0 Å². The van der Waals surface area contributed by atoms with Gasteiger partial charge in [0, 0.05) is 4.88 Å². The third-order valence-corrected chi connectivity index (χ3v) is 2.74. The van der Waals surface area contributed by atoms with E-state index in [1.165, 1.54) is 13.0 Å². The molecule has 0 bridgehead atoms. The number of ether oxygens (including phenoxy) is 1. The van der Waals surface area contributed by atoms with E-state index in [0.717, 1.165) is 11.3 Å². The quantitative estimate of drug-likeness (QED) is 0.856. The Morgan fingerprint density at radius 3 is 2.75 bits per heavy atom. The van der Waals surface area contributed by atoms with Crippen LogP contribution in [0.2, 0.25) is 0 Å². The van der Waals surface area contributed by atoms with Gasteiger partial charge in [-0.3, -0.25) is 0 Å². The molecule has 1 atom stereocenters. The molecule has 0 aliphatic rings. The molecule has 0 amide bonds. The normalized spacial score (nSPS) is 12.8. The molecule has 16 heavy (non-hydrogen) atoms. The van der Waals surface area contributed by atoms with Crippen LogP contribution in [0.4, 0.5) is 8.78 Å². The number of halogens is 3. The molecule has 1 aromatic heterocycles. The van der Waals surface area contributed by atoms with Crippen LogP contribution in [0.3, 0.4) is 0 Å². The molecule has 1 heterocycles. The molecule has 0 spiro atoms. The first-order chi connectivity index (χ1) is 7.00. The van der Waals surface area contributed by atoms with Crippen molar-refractivity contribution >= 4 is 29.7 Å². The first-order valence-corrected chi connectivity index (χ1v) is 5.22. The number of nitrogens with two attached hydrogens (primary N) is 1. The van der Waals surface area contributed by atoms with Gasteiger partial charge in [0.2, 0.25) is 0 Å². The number of rotatable bonds is 4. The lowest BCUT2D eigenvalue weighted by Gasteiger charge is -2.20. The minimum atomic E-state index is -3.68. The van der Waals surface area contributed by atoms with Crippen molar-refractivity contribution in [2.75, 3.05) is 6.61 Å². The van der Waals surface area contributed by atoms with E-state index in [1.54, 1.807) is 11.4 Å². The van der Waals surface area contributed by atoms with Crippen LogP contribution in [0.1, 0.15) is 17.8 Å². The van der Waals surface area contributed by atoms with Crippen molar-refractivity contribution in [1.82, 2.24) is 0 Å². The van der Waals surface area contributed by atoms with Crippen molar-refractivity contribution in [2.45, 2.75) is 18.9 Å². The van der Waals surface area contributed by atoms with Crippen LogP contribution >= 0.6 is 23.7 Å². The molecule has 0 aromatic carbocycles. The summed E-state index contributed by atoms with van der Waals surface area (Å²) in [5.41, 5.74) is 5.31. The average Bonchev–Trinajstić information content (AvgIpc) is 2.69. The predicted octanol–water partition coefficient (Wildman–Crippen LogP) is 2.37. The van der Waals surface area contributed by atoms with E-state index in [1.807, 2.05) is 0 Å². The third-order valence-electron chi connectivity index (χ3n) is 1.79. The fraction of sp³-hybridized carbons (Fsp3) is 0.444. The van der Waals surface area contributed by atoms with E-state index >= 15 is 0 Å². The van der Waals surface area contributed by atoms with Crippen molar-refractivity contribution in [1.29, 1.82) is 0 Å². The van der Waals surface area contributed by atoms with Crippen molar-refractivity contribution in [3.05, 3.63) is 22.4 Å². The molecule has 7 heteroatoms. The highest BCUT2D eigenvalue weighted by molar-refractivity contribution is 7.10. The van der Waals surface area contributed by atoms with Crippen molar-refractivity contribution in [2.24, 2.45) is 5.73 Å². The van der Waals surface area contributed by atoms with Gasteiger partial charge in [-0.2, -0.15) is 8.78 Å². The Morgan fingerprint density at radius 1 is 1.69 bits per heavy atom. The van der Waals surface area contributed by atoms with E-state index in [4.69, 9.17) is 5.73 Å². The van der Waals surface area contributed by atoms with E-state index in [2.05, 4.69) is 4.74 Å². The van der Waals surface area contributed by atoms with Gasteiger partial charge in [-0.1, -0.05) is 6.07 Å². The summed E-state index contributed by atoms with van der Waals surface area (Å²) in [6.07, 6.45) is 0. The minimum Gasteiger partial charge on any atom is -0.462 e. The van der Waals surface area contributed by atoms with Gasteiger partial charge in [0.15, 0.2) is 0 Å². The van der Waals surface area contributed by atoms with Crippen molar-refractivity contribution in [3.63, 3.8) is 0 Å². The Morgan fingerprint density at radius 2 is 2.31 bits per heavy atom. The van der Waals surface area contributed by atoms with Gasteiger partial charge in [-0.15, -0.1) is 23.7 Å². The van der Waals surface area contributed by atoms with Crippen molar-refractivity contribution < 1.29 is 18.3 Å². The molecule has 0 unspecified atom stereocenters. The van der Waals surface area contributed by atoms with Crippen LogP contribution in [0, 0.1) is 0 Å². The van der Waals surface area contributed by atoms with Crippen LogP contribution in [-0.2, 0) is 9.53 Å². The monoisotopic (exact) mass is 271 g/mol. The van der Waals surface area contributed by atoms with Gasteiger partial charge in [-0.05, 0) is 18.4 Å². The lowest BCUT2D eigenvalue weighted by atomic mass is 10.1. The smallest absolute Gasteiger partial charge is 0.379 e. The number of carbonyl (C=O) groups excluding carboxylic acids is 1. The lowest BCUT2D eigenvalue weighted by molar-refractivity contribution is -0.174. The molecule has 2 N–H and O–H groups in total. The maximum absolute atomic E-state index is 13.4. The SMILES string of the molecule is CCOC(=O)C(F)(F)[C@H](N)c1cccs1.Cl. The molecule has 0 radical (unpaired) electrons. The number of hydrogen-bond acceptors (Lipinski definition) is 4. The standard InChI is InChI=1S/C9H11F2NO2S.ClH/c1-2-14-8(13)9(10,11)7(12)6-4-3-5-15-6;/h3-5,7H,2,12H2,1H3;1H/t7-;/m1./s1. The van der Waals surface area contributed by atoms with Gasteiger partial charge in [0.25, 0.3) is 0 Å². The van der Waals surface area contributed by atoms with E-state index < -0.39 is 17.9 Å². The highest BCUT2D eigenvalue weighted by Crippen LogP contribution is 2.32. The predicted molar refractivity (Wildman–Crippen MR) is 60.1 cm³/mol. The minimum absolute atomic E-state index is 0. The number of esters is 1. The molecular weight excluding hydrogens is 260 g/mol. The summed E-state index contributed by atoms with van der Waals surface area (Å²) < 4.78 is 31.0. The molecule has 0 aliphatic heterocycles. The second-order valence-corrected chi connectivity index (χ2v) is 3.82. The summed E-state index contributed by atoms with van der Waals surface area (Å²) >= 11 is 1.08. The van der Waals surface area contributed by atoms with Crippen LogP contribution in [0.15, 0.2) is 17.5 Å². The molecule has 0 fully saturated rings. The number of thiophene rings is 1. The Labute approximate surface area is 102 Å². The van der Waals surface area contributed by atoms with Gasteiger partial charge in [0.1, 0.15) is 6.04 Å². The molecular formula is C9H12ClF2NO2S. The fourth-order valence-corrected chi connectivity index (χ4v) is 1.77. The zero-order valence-electron chi connectivity index (χ0n) is 8.48. The Hall–Kier alpha value is -0.720. The number of carbonyl (C=O) groups is 1. The third kappa shape index (κ3) is 3.13. The van der Waals surface area contributed by atoms with Crippen LogP contribution in [-0.4, -0.2) is 18.5 Å². The van der Waals surface area contributed by atoms with Crippen LogP contribution in [0.25, 0.3) is 0 Å². The second kappa shape index (κ2) is 6.12. The fourth-order valence-electron chi connectivity index (χ4n) is 1.00. The number of hydrogen-bond donors (Lipinski definition) is 1. The zero-order chi connectivity index (χ0) is 11.5. The lowest BCUT2D eigenvalue weighted by Crippen LogP contribution is -2.41. The first kappa shape index (κ1) is 15.3. The van der Waals surface area contributed by atoms with Gasteiger partial charge < -0.3 is 10.5 Å². The molecule has 1 aromatic rings. The first-order valence-electron chi connectivity index (χ1n) is 4.34. The van der Waals surface area contributed by atoms with Crippen LogP contribution in [0.5, 0.6) is 0 Å². The number of alkyl halides is 2. The topological polar surface area (TPSA) is 52.3 Å². The van der Waals surface area contributed by atoms with Gasteiger partial charge in [-0.25, -0.2) is 4.79 Å². The summed E-state index contributed by atoms with van der Waals surface area (Å²) in [5, 5.41) is 1.62. The molecule has 92 valence electrons. The molecule has 0 aliphatic carbocycles. The Balaban J connectivity index is 0.00000225.